The Hall–Kier alpha value is -0.870. The first-order valence-corrected chi connectivity index (χ1v) is 6.92. The average Bonchev–Trinajstić information content (AvgIpc) is 2.84. The minimum Gasteiger partial charge on any atom is -0.318 e. The lowest BCUT2D eigenvalue weighted by atomic mass is 10.0. The molecule has 0 atom stereocenters. The molecule has 1 fully saturated rings. The first-order chi connectivity index (χ1) is 8.50. The van der Waals surface area contributed by atoms with Crippen molar-refractivity contribution in [2.24, 2.45) is 0 Å². The zero-order chi connectivity index (χ0) is 13.2. The quantitative estimate of drug-likeness (QED) is 0.818. The molecule has 0 spiro atoms. The second-order valence-corrected chi connectivity index (χ2v) is 5.95. The van der Waals surface area contributed by atoms with E-state index in [1.54, 1.807) is 0 Å². The van der Waals surface area contributed by atoms with Crippen LogP contribution in [0.15, 0.2) is 11.8 Å². The molecule has 2 rings (SSSR count). The number of hydrogen-bond donors (Lipinski definition) is 1. The molecule has 18 heavy (non-hydrogen) atoms. The summed E-state index contributed by atoms with van der Waals surface area (Å²) in [6.45, 7) is 7.80. The van der Waals surface area contributed by atoms with Crippen molar-refractivity contribution >= 4 is 5.91 Å². The van der Waals surface area contributed by atoms with Crippen LogP contribution < -0.4 is 5.32 Å². The second kappa shape index (κ2) is 5.41. The lowest BCUT2D eigenvalue weighted by Crippen LogP contribution is -2.59. The van der Waals surface area contributed by atoms with Crippen LogP contribution in [-0.2, 0) is 4.79 Å². The van der Waals surface area contributed by atoms with Crippen molar-refractivity contribution in [1.82, 2.24) is 15.1 Å². The number of piperazine rings is 1. The molecule has 1 saturated heterocycles. The molecule has 4 nitrogen and oxygen atoms in total. The number of amides is 1. The molecule has 0 radical (unpaired) electrons. The summed E-state index contributed by atoms with van der Waals surface area (Å²) in [5.74, 6) is 0.220. The van der Waals surface area contributed by atoms with E-state index in [1.165, 1.54) is 12.1 Å². The van der Waals surface area contributed by atoms with Crippen molar-refractivity contribution in [3.05, 3.63) is 11.8 Å². The number of allylic oxidation sites excluding steroid dienone is 2. The summed E-state index contributed by atoms with van der Waals surface area (Å²) in [6, 6.07) is 0. The molecule has 2 aliphatic rings. The van der Waals surface area contributed by atoms with Gasteiger partial charge < -0.3 is 10.2 Å². The smallest absolute Gasteiger partial charge is 0.240 e. The van der Waals surface area contributed by atoms with Gasteiger partial charge in [-0.1, -0.05) is 6.08 Å². The lowest BCUT2D eigenvalue weighted by molar-refractivity contribution is -0.131. The van der Waals surface area contributed by atoms with Gasteiger partial charge in [-0.2, -0.15) is 0 Å². The van der Waals surface area contributed by atoms with Crippen molar-refractivity contribution < 1.29 is 4.79 Å². The van der Waals surface area contributed by atoms with Crippen LogP contribution in [0.5, 0.6) is 0 Å². The third kappa shape index (κ3) is 2.93. The van der Waals surface area contributed by atoms with Crippen molar-refractivity contribution in [2.75, 3.05) is 33.2 Å². The Kier molecular flexibility index (Phi) is 4.07. The average molecular weight is 251 g/mol. The van der Waals surface area contributed by atoms with Gasteiger partial charge in [-0.15, -0.1) is 0 Å². The third-order valence-electron chi connectivity index (χ3n) is 4.12. The number of carbonyl (C=O) groups is 1. The van der Waals surface area contributed by atoms with Gasteiger partial charge in [0.05, 0.1) is 6.54 Å². The Morgan fingerprint density at radius 2 is 2.33 bits per heavy atom. The molecular formula is C14H25N3O. The van der Waals surface area contributed by atoms with Gasteiger partial charge in [-0.3, -0.25) is 9.69 Å². The number of rotatable bonds is 3. The Balaban J connectivity index is 1.93. The van der Waals surface area contributed by atoms with E-state index in [0.717, 1.165) is 32.5 Å². The standard InChI is InChI=1S/C14H25N3O/c1-14(2)11-15-8-9-17(14)10-13(18)16(3)12-6-4-5-7-12/h6,15H,4-5,7-11H2,1-3H3. The fraction of sp³-hybridized carbons (Fsp3) is 0.786. The highest BCUT2D eigenvalue weighted by Crippen LogP contribution is 2.21. The van der Waals surface area contributed by atoms with E-state index in [1.807, 2.05) is 11.9 Å². The summed E-state index contributed by atoms with van der Waals surface area (Å²) >= 11 is 0. The Bertz CT molecular complexity index is 349. The minimum absolute atomic E-state index is 0.0683. The molecule has 0 bridgehead atoms. The van der Waals surface area contributed by atoms with Gasteiger partial charge in [-0.25, -0.2) is 0 Å². The van der Waals surface area contributed by atoms with Crippen molar-refractivity contribution in [2.45, 2.75) is 38.6 Å². The maximum absolute atomic E-state index is 12.3. The highest BCUT2D eigenvalue weighted by molar-refractivity contribution is 5.80. The Morgan fingerprint density at radius 3 is 2.94 bits per heavy atom. The molecule has 1 aliphatic carbocycles. The summed E-state index contributed by atoms with van der Waals surface area (Å²) in [6.07, 6.45) is 5.55. The molecule has 1 amide bonds. The van der Waals surface area contributed by atoms with Crippen LogP contribution in [0.25, 0.3) is 0 Å². The lowest BCUT2D eigenvalue weighted by Gasteiger charge is -2.42. The Morgan fingerprint density at radius 1 is 1.56 bits per heavy atom. The van der Waals surface area contributed by atoms with Crippen molar-refractivity contribution in [1.29, 1.82) is 0 Å². The van der Waals surface area contributed by atoms with Crippen LogP contribution in [0.4, 0.5) is 0 Å². The first kappa shape index (κ1) is 13.6. The number of nitrogens with one attached hydrogen (secondary N) is 1. The highest BCUT2D eigenvalue weighted by atomic mass is 16.2. The fourth-order valence-corrected chi connectivity index (χ4v) is 2.70. The van der Waals surface area contributed by atoms with Crippen molar-refractivity contribution in [3.8, 4) is 0 Å². The van der Waals surface area contributed by atoms with E-state index >= 15 is 0 Å². The van der Waals surface area contributed by atoms with Gasteiger partial charge in [0.1, 0.15) is 0 Å². The molecule has 1 N–H and O–H groups in total. The summed E-state index contributed by atoms with van der Waals surface area (Å²) in [5.41, 5.74) is 1.27. The van der Waals surface area contributed by atoms with Crippen LogP contribution in [-0.4, -0.2) is 54.5 Å². The van der Waals surface area contributed by atoms with Crippen LogP contribution in [0.1, 0.15) is 33.1 Å². The number of hydrogen-bond acceptors (Lipinski definition) is 3. The molecule has 0 aromatic heterocycles. The summed E-state index contributed by atoms with van der Waals surface area (Å²) < 4.78 is 0. The number of likely N-dealkylation sites (N-methyl/N-ethyl adjacent to an activating group) is 1. The van der Waals surface area contributed by atoms with Gasteiger partial charge in [0.25, 0.3) is 0 Å². The van der Waals surface area contributed by atoms with Crippen LogP contribution >= 0.6 is 0 Å². The highest BCUT2D eigenvalue weighted by Gasteiger charge is 2.31. The van der Waals surface area contributed by atoms with Crippen LogP contribution in [0.2, 0.25) is 0 Å². The third-order valence-corrected chi connectivity index (χ3v) is 4.12. The summed E-state index contributed by atoms with van der Waals surface area (Å²) in [5, 5.41) is 3.38. The maximum Gasteiger partial charge on any atom is 0.240 e. The zero-order valence-corrected chi connectivity index (χ0v) is 11.8. The molecule has 1 aliphatic heterocycles. The first-order valence-electron chi connectivity index (χ1n) is 6.92. The zero-order valence-electron chi connectivity index (χ0n) is 11.8. The minimum atomic E-state index is 0.0683. The van der Waals surface area contributed by atoms with Gasteiger partial charge in [0.2, 0.25) is 5.91 Å². The van der Waals surface area contributed by atoms with Crippen molar-refractivity contribution in [3.63, 3.8) is 0 Å². The summed E-state index contributed by atoms with van der Waals surface area (Å²) in [4.78, 5) is 16.5. The van der Waals surface area contributed by atoms with E-state index in [4.69, 9.17) is 0 Å². The Labute approximate surface area is 110 Å². The molecule has 0 aromatic rings. The van der Waals surface area contributed by atoms with E-state index in [9.17, 15) is 4.79 Å². The molecule has 0 unspecified atom stereocenters. The molecular weight excluding hydrogens is 226 g/mol. The van der Waals surface area contributed by atoms with E-state index < -0.39 is 0 Å². The summed E-state index contributed by atoms with van der Waals surface area (Å²) in [7, 11) is 1.91. The maximum atomic E-state index is 12.3. The van der Waals surface area contributed by atoms with Crippen LogP contribution in [0.3, 0.4) is 0 Å². The predicted molar refractivity (Wildman–Crippen MR) is 73.2 cm³/mol. The molecule has 0 aromatic carbocycles. The van der Waals surface area contributed by atoms with E-state index in [0.29, 0.717) is 6.54 Å². The molecule has 0 saturated carbocycles. The van der Waals surface area contributed by atoms with E-state index in [-0.39, 0.29) is 11.4 Å². The van der Waals surface area contributed by atoms with Crippen LogP contribution in [0, 0.1) is 0 Å². The predicted octanol–water partition coefficient (Wildman–Crippen LogP) is 1.20. The van der Waals surface area contributed by atoms with Gasteiger partial charge in [0.15, 0.2) is 0 Å². The number of carbonyl (C=O) groups excluding carboxylic acids is 1. The van der Waals surface area contributed by atoms with Gasteiger partial charge >= 0.3 is 0 Å². The monoisotopic (exact) mass is 251 g/mol. The van der Waals surface area contributed by atoms with E-state index in [2.05, 4.69) is 30.1 Å². The molecule has 4 heteroatoms. The van der Waals surface area contributed by atoms with Gasteiger partial charge in [0, 0.05) is 37.9 Å². The van der Waals surface area contributed by atoms with Gasteiger partial charge in [-0.05, 0) is 33.1 Å². The molecule has 102 valence electrons. The normalized spacial score (nSPS) is 23.8. The topological polar surface area (TPSA) is 35.6 Å². The largest absolute Gasteiger partial charge is 0.318 e. The fourth-order valence-electron chi connectivity index (χ4n) is 2.70. The molecule has 1 heterocycles. The second-order valence-electron chi connectivity index (χ2n) is 5.95. The SMILES string of the molecule is CN(C(=O)CN1CCNCC1(C)C)C1=CCCC1. The number of nitrogens with zero attached hydrogens (tertiary/aromatic N) is 2.